The second kappa shape index (κ2) is 11.3. The van der Waals surface area contributed by atoms with E-state index in [0.717, 1.165) is 0 Å². The SMILES string of the molecule is CCO[C@@H]1OC(=O)C[C@@H]1NC(=O)[C@@H]1CCCN1C(=O)[C@@H](NC(=O)c1c(Cl)ccnc1Cl)C(C)C. The third kappa shape index (κ3) is 5.79. The van der Waals surface area contributed by atoms with Gasteiger partial charge in [0.2, 0.25) is 18.1 Å². The highest BCUT2D eigenvalue weighted by molar-refractivity contribution is 6.39. The number of hydrogen-bond donors (Lipinski definition) is 2. The second-order valence-corrected chi connectivity index (χ2v) is 9.24. The second-order valence-electron chi connectivity index (χ2n) is 8.48. The number of carbonyl (C=O) groups is 4. The molecule has 34 heavy (non-hydrogen) atoms. The Morgan fingerprint density at radius 1 is 1.32 bits per heavy atom. The van der Waals surface area contributed by atoms with Crippen molar-refractivity contribution in [3.63, 3.8) is 0 Å². The predicted molar refractivity (Wildman–Crippen MR) is 123 cm³/mol. The van der Waals surface area contributed by atoms with Crippen molar-refractivity contribution in [1.29, 1.82) is 0 Å². The van der Waals surface area contributed by atoms with E-state index in [1.54, 1.807) is 20.8 Å². The van der Waals surface area contributed by atoms with Crippen molar-refractivity contribution < 1.29 is 28.7 Å². The molecule has 10 nitrogen and oxygen atoms in total. The van der Waals surface area contributed by atoms with Gasteiger partial charge in [-0.25, -0.2) is 4.98 Å². The molecule has 12 heteroatoms. The van der Waals surface area contributed by atoms with E-state index in [1.165, 1.54) is 17.2 Å². The van der Waals surface area contributed by atoms with Gasteiger partial charge in [-0.1, -0.05) is 37.0 Å². The summed E-state index contributed by atoms with van der Waals surface area (Å²) >= 11 is 12.1. The number of amides is 3. The Morgan fingerprint density at radius 3 is 2.71 bits per heavy atom. The summed E-state index contributed by atoms with van der Waals surface area (Å²) < 4.78 is 10.5. The number of ether oxygens (including phenoxy) is 2. The summed E-state index contributed by atoms with van der Waals surface area (Å²) in [4.78, 5) is 56.3. The summed E-state index contributed by atoms with van der Waals surface area (Å²) in [6.45, 7) is 6.01. The average molecular weight is 515 g/mol. The number of likely N-dealkylation sites (tertiary alicyclic amines) is 1. The molecular weight excluding hydrogens is 487 g/mol. The van der Waals surface area contributed by atoms with Crippen LogP contribution in [0.15, 0.2) is 12.3 Å². The maximum Gasteiger partial charge on any atom is 0.310 e. The molecule has 0 aromatic carbocycles. The average Bonchev–Trinajstić information content (AvgIpc) is 3.38. The van der Waals surface area contributed by atoms with E-state index in [-0.39, 0.29) is 28.1 Å². The molecule has 2 fully saturated rings. The van der Waals surface area contributed by atoms with Gasteiger partial charge >= 0.3 is 5.97 Å². The van der Waals surface area contributed by atoms with E-state index in [4.69, 9.17) is 32.7 Å². The van der Waals surface area contributed by atoms with Gasteiger partial charge in [0, 0.05) is 19.3 Å². The third-order valence-corrected chi connectivity index (χ3v) is 6.36. The summed E-state index contributed by atoms with van der Waals surface area (Å²) in [6, 6.07) is -0.856. The first-order valence-corrected chi connectivity index (χ1v) is 11.9. The number of hydrogen-bond acceptors (Lipinski definition) is 7. The number of cyclic esters (lactones) is 1. The van der Waals surface area contributed by atoms with Crippen LogP contribution in [-0.2, 0) is 23.9 Å². The normalized spacial score (nSPS) is 23.1. The van der Waals surface area contributed by atoms with Crippen LogP contribution in [0.2, 0.25) is 10.2 Å². The molecule has 1 aromatic rings. The zero-order valence-corrected chi connectivity index (χ0v) is 20.7. The molecule has 0 unspecified atom stereocenters. The van der Waals surface area contributed by atoms with Gasteiger partial charge in [-0.15, -0.1) is 0 Å². The standard InChI is InChI=1S/C22H28Cl2N4O6/c1-4-33-22-13(10-15(29)34-22)26-19(30)14-6-5-9-28(14)21(32)17(11(2)3)27-20(31)16-12(23)7-8-25-18(16)24/h7-8,11,13-14,17,22H,4-6,9-10H2,1-3H3,(H,26,30)(H,27,31)/t13-,14-,17-,22+/m0/s1. The van der Waals surface area contributed by atoms with Gasteiger partial charge < -0.3 is 25.0 Å². The molecule has 3 amide bonds. The Bertz CT molecular complexity index is 939. The zero-order chi connectivity index (χ0) is 25.0. The first-order chi connectivity index (χ1) is 16.1. The lowest BCUT2D eigenvalue weighted by molar-refractivity contribution is -0.164. The van der Waals surface area contributed by atoms with Crippen LogP contribution in [0.5, 0.6) is 0 Å². The van der Waals surface area contributed by atoms with Crippen LogP contribution in [0, 0.1) is 5.92 Å². The van der Waals surface area contributed by atoms with E-state index in [1.807, 2.05) is 0 Å². The highest BCUT2D eigenvalue weighted by Crippen LogP contribution is 2.25. The summed E-state index contributed by atoms with van der Waals surface area (Å²) in [5.41, 5.74) is -0.0205. The maximum atomic E-state index is 13.4. The molecule has 3 rings (SSSR count). The van der Waals surface area contributed by atoms with Gasteiger partial charge in [-0.05, 0) is 31.7 Å². The lowest BCUT2D eigenvalue weighted by Crippen LogP contribution is -2.56. The smallest absolute Gasteiger partial charge is 0.310 e. The molecule has 4 atom stereocenters. The minimum Gasteiger partial charge on any atom is -0.433 e. The largest absolute Gasteiger partial charge is 0.433 e. The van der Waals surface area contributed by atoms with E-state index < -0.39 is 48.1 Å². The quantitative estimate of drug-likeness (QED) is 0.400. The summed E-state index contributed by atoms with van der Waals surface area (Å²) in [5, 5.41) is 5.52. The van der Waals surface area contributed by atoms with Gasteiger partial charge in [0.15, 0.2) is 0 Å². The number of nitrogens with one attached hydrogen (secondary N) is 2. The van der Waals surface area contributed by atoms with E-state index >= 15 is 0 Å². The van der Waals surface area contributed by atoms with Gasteiger partial charge in [0.05, 0.1) is 17.0 Å². The molecule has 186 valence electrons. The Morgan fingerprint density at radius 2 is 2.06 bits per heavy atom. The van der Waals surface area contributed by atoms with Crippen LogP contribution >= 0.6 is 23.2 Å². The Labute approximate surface area is 207 Å². The molecule has 0 radical (unpaired) electrons. The van der Waals surface area contributed by atoms with Crippen molar-refractivity contribution >= 4 is 46.9 Å². The van der Waals surface area contributed by atoms with E-state index in [0.29, 0.717) is 26.0 Å². The van der Waals surface area contributed by atoms with Gasteiger partial charge in [-0.3, -0.25) is 19.2 Å². The molecule has 1 aromatic heterocycles. The van der Waals surface area contributed by atoms with E-state index in [2.05, 4.69) is 15.6 Å². The highest BCUT2D eigenvalue weighted by Gasteiger charge is 2.42. The highest BCUT2D eigenvalue weighted by atomic mass is 35.5. The number of nitrogens with zero attached hydrogens (tertiary/aromatic N) is 2. The lowest BCUT2D eigenvalue weighted by Gasteiger charge is -2.31. The molecule has 0 saturated carbocycles. The predicted octanol–water partition coefficient (Wildman–Crippen LogP) is 1.93. The zero-order valence-electron chi connectivity index (χ0n) is 19.2. The monoisotopic (exact) mass is 514 g/mol. The molecule has 3 heterocycles. The maximum absolute atomic E-state index is 13.4. The molecule has 0 bridgehead atoms. The van der Waals surface area contributed by atoms with Crippen LogP contribution in [0.1, 0.15) is 50.4 Å². The van der Waals surface area contributed by atoms with Crippen LogP contribution in [0.3, 0.4) is 0 Å². The number of halogens is 2. The fourth-order valence-electron chi connectivity index (χ4n) is 4.07. The Kier molecular flexibility index (Phi) is 8.72. The lowest BCUT2D eigenvalue weighted by atomic mass is 10.0. The number of carbonyl (C=O) groups excluding carboxylic acids is 4. The fraction of sp³-hybridized carbons (Fsp3) is 0.591. The van der Waals surface area contributed by atoms with Crippen molar-refractivity contribution in [1.82, 2.24) is 20.5 Å². The minimum absolute atomic E-state index is 0.00558. The first-order valence-electron chi connectivity index (χ1n) is 11.2. The summed E-state index contributed by atoms with van der Waals surface area (Å²) in [5.74, 6) is -2.16. The first kappa shape index (κ1) is 26.2. The van der Waals surface area contributed by atoms with Gasteiger partial charge in [0.25, 0.3) is 5.91 Å². The van der Waals surface area contributed by atoms with Crippen molar-refractivity contribution in [3.8, 4) is 0 Å². The molecular formula is C22H28Cl2N4O6. The molecule has 0 aliphatic carbocycles. The summed E-state index contributed by atoms with van der Waals surface area (Å²) in [7, 11) is 0. The topological polar surface area (TPSA) is 127 Å². The number of esters is 1. The minimum atomic E-state index is -0.916. The molecule has 2 aliphatic heterocycles. The van der Waals surface area contributed by atoms with Crippen LogP contribution in [0.25, 0.3) is 0 Å². The van der Waals surface area contributed by atoms with Crippen molar-refractivity contribution in [2.24, 2.45) is 5.92 Å². The fourth-order valence-corrected chi connectivity index (χ4v) is 4.60. The van der Waals surface area contributed by atoms with Crippen molar-refractivity contribution in [2.75, 3.05) is 13.2 Å². The van der Waals surface area contributed by atoms with Crippen LogP contribution in [-0.4, -0.2) is 71.1 Å². The van der Waals surface area contributed by atoms with E-state index in [9.17, 15) is 19.2 Å². The van der Waals surface area contributed by atoms with Crippen molar-refractivity contribution in [2.45, 2.75) is 64.4 Å². The number of rotatable bonds is 8. The van der Waals surface area contributed by atoms with Crippen LogP contribution < -0.4 is 10.6 Å². The summed E-state index contributed by atoms with van der Waals surface area (Å²) in [6.07, 6.45) is 1.59. The van der Waals surface area contributed by atoms with Crippen molar-refractivity contribution in [3.05, 3.63) is 28.0 Å². The molecule has 2 N–H and O–H groups in total. The van der Waals surface area contributed by atoms with Gasteiger partial charge in [0.1, 0.15) is 23.3 Å². The number of pyridine rings is 1. The third-order valence-electron chi connectivity index (χ3n) is 5.76. The van der Waals surface area contributed by atoms with Gasteiger partial charge in [-0.2, -0.15) is 0 Å². The Balaban J connectivity index is 1.72. The molecule has 2 saturated heterocycles. The van der Waals surface area contributed by atoms with Crippen LogP contribution in [0.4, 0.5) is 0 Å². The number of aromatic nitrogens is 1. The molecule has 2 aliphatic rings. The molecule has 0 spiro atoms. The Hall–Kier alpha value is -2.43.